The lowest BCUT2D eigenvalue weighted by Crippen LogP contribution is -2.35. The molecular formula is C14H19FN2. The van der Waals surface area contributed by atoms with Gasteiger partial charge in [0, 0.05) is 25.2 Å². The highest BCUT2D eigenvalue weighted by Gasteiger charge is 2.35. The van der Waals surface area contributed by atoms with Crippen LogP contribution in [0.1, 0.15) is 42.9 Å². The van der Waals surface area contributed by atoms with E-state index in [1.165, 1.54) is 31.2 Å². The molecule has 1 aliphatic carbocycles. The topological polar surface area (TPSA) is 29.3 Å². The van der Waals surface area contributed by atoms with Gasteiger partial charge in [-0.05, 0) is 36.1 Å². The molecular weight excluding hydrogens is 215 g/mol. The molecule has 92 valence electrons. The third-order valence-electron chi connectivity index (χ3n) is 4.24. The van der Waals surface area contributed by atoms with Crippen LogP contribution < -0.4 is 5.73 Å². The van der Waals surface area contributed by atoms with Crippen LogP contribution in [0.3, 0.4) is 0 Å². The average Bonchev–Trinajstić information content (AvgIpc) is 2.94. The average molecular weight is 234 g/mol. The fraction of sp³-hybridized carbons (Fsp3) is 0.571. The lowest BCUT2D eigenvalue weighted by Gasteiger charge is -2.29. The third-order valence-corrected chi connectivity index (χ3v) is 4.24. The molecule has 1 saturated carbocycles. The number of nitrogens with two attached hydrogens (primary N) is 1. The molecule has 2 nitrogen and oxygen atoms in total. The van der Waals surface area contributed by atoms with Crippen LogP contribution in [0.2, 0.25) is 0 Å². The van der Waals surface area contributed by atoms with Crippen LogP contribution in [0.25, 0.3) is 0 Å². The first-order valence-electron chi connectivity index (χ1n) is 6.53. The van der Waals surface area contributed by atoms with E-state index in [1.807, 2.05) is 6.07 Å². The van der Waals surface area contributed by atoms with Gasteiger partial charge >= 0.3 is 0 Å². The number of fused-ring (bicyclic) bond motifs is 1. The minimum Gasteiger partial charge on any atom is -0.329 e. The van der Waals surface area contributed by atoms with Crippen LogP contribution in [0.5, 0.6) is 0 Å². The van der Waals surface area contributed by atoms with Gasteiger partial charge in [0.15, 0.2) is 0 Å². The minimum absolute atomic E-state index is 0.143. The molecule has 1 atom stereocenters. The molecule has 1 aromatic carbocycles. The number of hydrogen-bond acceptors (Lipinski definition) is 2. The predicted octanol–water partition coefficient (Wildman–Crippen LogP) is 2.58. The summed E-state index contributed by atoms with van der Waals surface area (Å²) >= 11 is 0. The van der Waals surface area contributed by atoms with Gasteiger partial charge in [0.2, 0.25) is 0 Å². The first-order valence-corrected chi connectivity index (χ1v) is 6.53. The lowest BCUT2D eigenvalue weighted by atomic mass is 10.0. The van der Waals surface area contributed by atoms with Crippen LogP contribution in [0, 0.1) is 5.82 Å². The van der Waals surface area contributed by atoms with Gasteiger partial charge in [0.1, 0.15) is 5.82 Å². The van der Waals surface area contributed by atoms with Gasteiger partial charge in [-0.15, -0.1) is 0 Å². The van der Waals surface area contributed by atoms with Gasteiger partial charge in [0.05, 0.1) is 0 Å². The molecule has 0 aromatic heterocycles. The third kappa shape index (κ3) is 1.87. The maximum absolute atomic E-state index is 13.3. The molecule has 0 bridgehead atoms. The quantitative estimate of drug-likeness (QED) is 0.852. The second-order valence-electron chi connectivity index (χ2n) is 5.21. The maximum Gasteiger partial charge on any atom is 0.123 e. The Balaban J connectivity index is 1.90. The van der Waals surface area contributed by atoms with E-state index in [1.54, 1.807) is 12.1 Å². The number of hydrogen-bond donors (Lipinski definition) is 1. The molecule has 2 N–H and O–H groups in total. The van der Waals surface area contributed by atoms with Crippen LogP contribution in [-0.2, 0) is 6.54 Å². The number of benzene rings is 1. The summed E-state index contributed by atoms with van der Waals surface area (Å²) in [5.74, 6) is -0.143. The van der Waals surface area contributed by atoms with E-state index in [4.69, 9.17) is 5.73 Å². The Hall–Kier alpha value is -0.930. The molecule has 1 unspecified atom stereocenters. The van der Waals surface area contributed by atoms with E-state index in [0.29, 0.717) is 12.6 Å². The monoisotopic (exact) mass is 234 g/mol. The van der Waals surface area contributed by atoms with Crippen LogP contribution in [-0.4, -0.2) is 17.5 Å². The minimum atomic E-state index is -0.143. The molecule has 0 amide bonds. The zero-order valence-electron chi connectivity index (χ0n) is 10.0. The number of halogens is 1. The summed E-state index contributed by atoms with van der Waals surface area (Å²) in [7, 11) is 0. The summed E-state index contributed by atoms with van der Waals surface area (Å²) in [4.78, 5) is 2.48. The van der Waals surface area contributed by atoms with Gasteiger partial charge in [-0.1, -0.05) is 18.9 Å². The largest absolute Gasteiger partial charge is 0.329 e. The summed E-state index contributed by atoms with van der Waals surface area (Å²) in [6.45, 7) is 1.54. The van der Waals surface area contributed by atoms with Crippen molar-refractivity contribution in [3.63, 3.8) is 0 Å². The molecule has 0 radical (unpaired) electrons. The van der Waals surface area contributed by atoms with Crippen molar-refractivity contribution in [3.8, 4) is 0 Å². The highest BCUT2D eigenvalue weighted by atomic mass is 19.1. The Morgan fingerprint density at radius 3 is 2.76 bits per heavy atom. The molecule has 0 spiro atoms. The second-order valence-corrected chi connectivity index (χ2v) is 5.21. The second kappa shape index (κ2) is 4.39. The molecule has 3 rings (SSSR count). The molecule has 17 heavy (non-hydrogen) atoms. The lowest BCUT2D eigenvalue weighted by molar-refractivity contribution is 0.152. The fourth-order valence-corrected chi connectivity index (χ4v) is 3.39. The van der Waals surface area contributed by atoms with Crippen molar-refractivity contribution in [3.05, 3.63) is 35.1 Å². The smallest absolute Gasteiger partial charge is 0.123 e. The zero-order valence-corrected chi connectivity index (χ0v) is 10.0. The number of nitrogens with zero attached hydrogens (tertiary/aromatic N) is 1. The predicted molar refractivity (Wildman–Crippen MR) is 66.0 cm³/mol. The highest BCUT2D eigenvalue weighted by molar-refractivity contribution is 5.35. The summed E-state index contributed by atoms with van der Waals surface area (Å²) in [5, 5.41) is 0. The van der Waals surface area contributed by atoms with Gasteiger partial charge in [-0.25, -0.2) is 4.39 Å². The Kier molecular flexibility index (Phi) is 2.89. The van der Waals surface area contributed by atoms with Crippen molar-refractivity contribution >= 4 is 0 Å². The van der Waals surface area contributed by atoms with Crippen molar-refractivity contribution in [2.24, 2.45) is 5.73 Å². The van der Waals surface area contributed by atoms with Gasteiger partial charge in [-0.2, -0.15) is 0 Å². The van der Waals surface area contributed by atoms with Gasteiger partial charge in [0.25, 0.3) is 0 Å². The SMILES string of the molecule is NCC1c2cc(F)ccc2CN1C1CCCC1. The van der Waals surface area contributed by atoms with Crippen molar-refractivity contribution in [2.45, 2.75) is 44.3 Å². The Morgan fingerprint density at radius 2 is 2.06 bits per heavy atom. The Bertz CT molecular complexity index is 413. The Labute approximate surface area is 102 Å². The van der Waals surface area contributed by atoms with E-state index < -0.39 is 0 Å². The van der Waals surface area contributed by atoms with Crippen molar-refractivity contribution in [2.75, 3.05) is 6.54 Å². The molecule has 2 aliphatic rings. The summed E-state index contributed by atoms with van der Waals surface area (Å²) in [6.07, 6.45) is 5.19. The molecule has 3 heteroatoms. The summed E-state index contributed by atoms with van der Waals surface area (Å²) in [6, 6.07) is 6.03. The zero-order chi connectivity index (χ0) is 11.8. The Morgan fingerprint density at radius 1 is 1.29 bits per heavy atom. The molecule has 1 heterocycles. The van der Waals surface area contributed by atoms with E-state index >= 15 is 0 Å². The first-order chi connectivity index (χ1) is 8.29. The maximum atomic E-state index is 13.3. The van der Waals surface area contributed by atoms with Crippen LogP contribution >= 0.6 is 0 Å². The normalized spacial score (nSPS) is 25.4. The van der Waals surface area contributed by atoms with E-state index in [2.05, 4.69) is 4.90 Å². The van der Waals surface area contributed by atoms with Crippen molar-refractivity contribution in [1.82, 2.24) is 4.90 Å². The highest BCUT2D eigenvalue weighted by Crippen LogP contribution is 2.38. The molecule has 1 aliphatic heterocycles. The van der Waals surface area contributed by atoms with E-state index in [-0.39, 0.29) is 11.9 Å². The van der Waals surface area contributed by atoms with Gasteiger partial charge < -0.3 is 5.73 Å². The molecule has 1 fully saturated rings. The number of rotatable bonds is 2. The van der Waals surface area contributed by atoms with Crippen molar-refractivity contribution < 1.29 is 4.39 Å². The van der Waals surface area contributed by atoms with Crippen LogP contribution in [0.4, 0.5) is 4.39 Å². The van der Waals surface area contributed by atoms with E-state index in [0.717, 1.165) is 12.1 Å². The molecule has 1 aromatic rings. The molecule has 0 saturated heterocycles. The van der Waals surface area contributed by atoms with E-state index in [9.17, 15) is 4.39 Å². The first kappa shape index (κ1) is 11.2. The summed E-state index contributed by atoms with van der Waals surface area (Å²) in [5.41, 5.74) is 8.26. The standard InChI is InChI=1S/C14H19FN2/c15-11-6-5-10-9-17(12-3-1-2-4-12)14(8-16)13(10)7-11/h5-7,12,14H,1-4,8-9,16H2. The fourth-order valence-electron chi connectivity index (χ4n) is 3.39. The van der Waals surface area contributed by atoms with Gasteiger partial charge in [-0.3, -0.25) is 4.90 Å². The summed E-state index contributed by atoms with van der Waals surface area (Å²) < 4.78 is 13.3. The van der Waals surface area contributed by atoms with Crippen molar-refractivity contribution in [1.29, 1.82) is 0 Å². The van der Waals surface area contributed by atoms with Crippen LogP contribution in [0.15, 0.2) is 18.2 Å².